The number of hydrogen-bond acceptors (Lipinski definition) is 9. The number of aromatic nitrogens is 5. The number of urea groups is 1. The molecule has 4 amide bonds. The molecule has 0 radical (unpaired) electrons. The van der Waals surface area contributed by atoms with Gasteiger partial charge in [-0.2, -0.15) is 22.7 Å². The van der Waals surface area contributed by atoms with Crippen LogP contribution in [0.25, 0.3) is 17.2 Å². The van der Waals surface area contributed by atoms with Crippen molar-refractivity contribution in [2.45, 2.75) is 43.3 Å². The summed E-state index contributed by atoms with van der Waals surface area (Å²) >= 11 is 6.21. The van der Waals surface area contributed by atoms with Crippen LogP contribution in [0.15, 0.2) is 65.6 Å². The highest BCUT2D eigenvalue weighted by molar-refractivity contribution is 6.33. The number of carbonyl (C=O) groups excluding carboxylic acids is 3. The van der Waals surface area contributed by atoms with E-state index in [-0.39, 0.29) is 63.7 Å². The van der Waals surface area contributed by atoms with Crippen molar-refractivity contribution in [3.8, 4) is 17.1 Å². The van der Waals surface area contributed by atoms with Gasteiger partial charge >= 0.3 is 12.2 Å². The van der Waals surface area contributed by atoms with Crippen LogP contribution >= 0.6 is 11.6 Å². The van der Waals surface area contributed by atoms with Crippen LogP contribution in [-0.2, 0) is 22.9 Å². The third kappa shape index (κ3) is 6.66. The zero-order chi connectivity index (χ0) is 42.2. The number of carbonyl (C=O) groups is 3. The Kier molecular flexibility index (Phi) is 9.52. The molecule has 2 N–H and O–H groups in total. The maximum Gasteiger partial charge on any atom is 0.416 e. The highest BCUT2D eigenvalue weighted by Gasteiger charge is 2.64. The topological polar surface area (TPSA) is 162 Å². The minimum absolute atomic E-state index is 0.00640. The molecule has 5 aromatic rings. The fourth-order valence-electron chi connectivity index (χ4n) is 9.33. The Morgan fingerprint density at radius 1 is 0.983 bits per heavy atom. The van der Waals surface area contributed by atoms with Crippen molar-refractivity contribution in [2.75, 3.05) is 63.6 Å². The minimum atomic E-state index is -4.62. The third-order valence-electron chi connectivity index (χ3n) is 12.4. The number of amides is 4. The Morgan fingerprint density at radius 2 is 1.70 bits per heavy atom. The molecule has 3 fully saturated rings. The van der Waals surface area contributed by atoms with E-state index in [1.54, 1.807) is 28.5 Å². The van der Waals surface area contributed by atoms with Gasteiger partial charge in [0.2, 0.25) is 11.7 Å². The lowest BCUT2D eigenvalue weighted by Crippen LogP contribution is -2.51. The number of piperazine rings is 1. The Hall–Kier alpha value is -6.17. The van der Waals surface area contributed by atoms with Crippen molar-refractivity contribution in [3.05, 3.63) is 98.7 Å². The van der Waals surface area contributed by atoms with Gasteiger partial charge in [0.05, 0.1) is 16.3 Å². The van der Waals surface area contributed by atoms with E-state index in [1.165, 1.54) is 22.8 Å². The minimum Gasteiger partial charge on any atom is -0.505 e. The van der Waals surface area contributed by atoms with Gasteiger partial charge in [-0.15, -0.1) is 5.10 Å². The monoisotopic (exact) mass is 844 g/mol. The molecule has 0 unspecified atom stereocenters. The summed E-state index contributed by atoms with van der Waals surface area (Å²) in [6, 6.07) is 13.2. The van der Waals surface area contributed by atoms with Crippen LogP contribution in [0.3, 0.4) is 0 Å². The van der Waals surface area contributed by atoms with E-state index in [2.05, 4.69) is 15.2 Å². The lowest BCUT2D eigenvalue weighted by molar-refractivity contribution is -0.137. The number of pyridine rings is 1. The molecule has 0 bridgehead atoms. The molecule has 2 aliphatic heterocycles. The number of hydrogen-bond donors (Lipinski definition) is 2. The number of benzene rings is 2. The molecule has 15 nitrogen and oxygen atoms in total. The third-order valence-corrected chi connectivity index (χ3v) is 12.7. The molecule has 1 spiro atoms. The van der Waals surface area contributed by atoms with Crippen LogP contribution in [0.1, 0.15) is 52.5 Å². The van der Waals surface area contributed by atoms with Crippen LogP contribution in [-0.4, -0.2) is 115 Å². The number of nitrogens with one attached hydrogen (secondary N) is 1. The number of nitrogens with zero attached hydrogens (tertiary/aromatic N) is 9. The zero-order valence-electron chi connectivity index (χ0n) is 32.6. The van der Waals surface area contributed by atoms with Crippen molar-refractivity contribution < 1.29 is 32.7 Å². The Labute approximate surface area is 346 Å². The first-order valence-corrected chi connectivity index (χ1v) is 20.0. The molecule has 60 heavy (non-hydrogen) atoms. The molecular weight excluding hydrogens is 805 g/mol. The number of rotatable bonds is 6. The second-order valence-corrected chi connectivity index (χ2v) is 16.4. The number of alkyl halides is 3. The number of anilines is 2. The van der Waals surface area contributed by atoms with Crippen molar-refractivity contribution in [3.63, 3.8) is 0 Å². The number of halogens is 4. The van der Waals surface area contributed by atoms with Gasteiger partial charge in [0.1, 0.15) is 12.3 Å². The first kappa shape index (κ1) is 39.3. The second kappa shape index (κ2) is 14.5. The SMILES string of the molecule is CN(C)C(=O)N1CCN(c2ccc(-c3nc4n(CC(=O)Nc5ccc(C(F)(F)F)cc5Cl)c5c(c(=O)n4n3)C3(CCN(C(=O)c4ncccc4O)CC3)[C@@H]3C[C@H]53)cc2)CC1. The Morgan fingerprint density at radius 3 is 2.35 bits per heavy atom. The summed E-state index contributed by atoms with van der Waals surface area (Å²) in [5.74, 6) is -0.843. The summed E-state index contributed by atoms with van der Waals surface area (Å²) < 4.78 is 43.0. The van der Waals surface area contributed by atoms with E-state index in [4.69, 9.17) is 21.7 Å². The standard InChI is InChI=1S/C41H40ClF3N10O5/c1-50(2)39(60)53-18-16-51(17-19-53)25-8-5-23(6-9-25)35-48-38-54(22-31(57)47-29-10-7-24(20-28(29)42)41(43,44)45)34-26-21-27(26)40(32(34)36(58)55(38)49-35)11-14-52(15-12-40)37(59)33-30(56)4-3-13-46-33/h3-10,13,20,26-27,56H,11-12,14-19,21-22H2,1-2H3,(H,47,57)/t26-,27+/m0/s1. The lowest BCUT2D eigenvalue weighted by atomic mass is 9.71. The van der Waals surface area contributed by atoms with Gasteiger partial charge in [-0.05, 0) is 79.8 Å². The van der Waals surface area contributed by atoms with Crippen molar-refractivity contribution in [1.82, 2.24) is 38.8 Å². The van der Waals surface area contributed by atoms with Crippen LogP contribution in [0, 0.1) is 5.92 Å². The van der Waals surface area contributed by atoms with Crippen molar-refractivity contribution >= 4 is 46.6 Å². The summed E-state index contributed by atoms with van der Waals surface area (Å²) in [4.78, 5) is 70.5. The summed E-state index contributed by atoms with van der Waals surface area (Å²) in [5.41, 5.74) is 0.750. The van der Waals surface area contributed by atoms with E-state index in [0.717, 1.165) is 30.3 Å². The molecule has 2 aromatic carbocycles. The molecule has 312 valence electrons. The number of likely N-dealkylation sites (tertiary alicyclic amines) is 1. The van der Waals surface area contributed by atoms with E-state index < -0.39 is 29.0 Å². The van der Waals surface area contributed by atoms with Crippen molar-refractivity contribution in [2.24, 2.45) is 5.92 Å². The van der Waals surface area contributed by atoms with Gasteiger partial charge in [0.15, 0.2) is 11.5 Å². The van der Waals surface area contributed by atoms with Crippen LogP contribution in [0.4, 0.5) is 29.3 Å². The molecule has 2 saturated heterocycles. The summed E-state index contributed by atoms with van der Waals surface area (Å²) in [7, 11) is 3.46. The highest BCUT2D eigenvalue weighted by atomic mass is 35.5. The van der Waals surface area contributed by atoms with E-state index >= 15 is 0 Å². The summed E-state index contributed by atoms with van der Waals surface area (Å²) in [6.07, 6.45) is -1.52. The van der Waals surface area contributed by atoms with E-state index in [1.807, 2.05) is 29.2 Å². The molecule has 19 heteroatoms. The predicted octanol–water partition coefficient (Wildman–Crippen LogP) is 5.06. The second-order valence-electron chi connectivity index (χ2n) is 16.0. The molecule has 5 heterocycles. The van der Waals surface area contributed by atoms with Gasteiger partial charge in [0.25, 0.3) is 11.5 Å². The van der Waals surface area contributed by atoms with Crippen molar-refractivity contribution in [1.29, 1.82) is 0 Å². The molecule has 9 rings (SSSR count). The fourth-order valence-corrected chi connectivity index (χ4v) is 9.55. The summed E-state index contributed by atoms with van der Waals surface area (Å²) in [5, 5.41) is 17.4. The maximum absolute atomic E-state index is 14.7. The van der Waals surface area contributed by atoms with Crippen LogP contribution in [0.2, 0.25) is 5.02 Å². The van der Waals surface area contributed by atoms with Crippen LogP contribution < -0.4 is 15.8 Å². The normalized spacial score (nSPS) is 19.3. The first-order chi connectivity index (χ1) is 28.6. The fraction of sp³-hybridized carbons (Fsp3) is 0.390. The van der Waals surface area contributed by atoms with Gasteiger partial charge < -0.3 is 34.6 Å². The van der Waals surface area contributed by atoms with Gasteiger partial charge in [0, 0.05) is 93.4 Å². The van der Waals surface area contributed by atoms with E-state index in [9.17, 15) is 37.5 Å². The lowest BCUT2D eigenvalue weighted by Gasteiger charge is -2.41. The molecule has 2 atom stereocenters. The maximum atomic E-state index is 14.7. The summed E-state index contributed by atoms with van der Waals surface area (Å²) in [6.45, 7) is 2.72. The largest absolute Gasteiger partial charge is 0.505 e. The quantitative estimate of drug-likeness (QED) is 0.238. The molecule has 3 aromatic heterocycles. The highest BCUT2D eigenvalue weighted by Crippen LogP contribution is 2.67. The number of fused-ring (bicyclic) bond motifs is 6. The smallest absolute Gasteiger partial charge is 0.416 e. The number of aromatic hydroxyl groups is 1. The first-order valence-electron chi connectivity index (χ1n) is 19.6. The predicted molar refractivity (Wildman–Crippen MR) is 214 cm³/mol. The molecule has 4 aliphatic rings. The molecule has 1 saturated carbocycles. The zero-order valence-corrected chi connectivity index (χ0v) is 33.4. The number of piperidine rings is 1. The van der Waals surface area contributed by atoms with Crippen LogP contribution in [0.5, 0.6) is 5.75 Å². The average Bonchev–Trinajstić information content (AvgIpc) is 3.83. The Bertz CT molecular complexity index is 2610. The average molecular weight is 845 g/mol. The van der Waals surface area contributed by atoms with Gasteiger partial charge in [-0.25, -0.2) is 9.78 Å². The van der Waals surface area contributed by atoms with Gasteiger partial charge in [-0.1, -0.05) is 11.6 Å². The van der Waals surface area contributed by atoms with E-state index in [0.29, 0.717) is 68.9 Å². The molecule has 2 aliphatic carbocycles. The molecular formula is C41H40ClF3N10O5. The Balaban J connectivity index is 1.05. The van der Waals surface area contributed by atoms with Gasteiger partial charge in [-0.3, -0.25) is 14.4 Å².